The molecule has 0 bridgehead atoms. The fourth-order valence-electron chi connectivity index (χ4n) is 3.53. The lowest BCUT2D eigenvalue weighted by atomic mass is 10.1. The van der Waals surface area contributed by atoms with Crippen LogP contribution < -0.4 is 4.74 Å². The average molecular weight is 433 g/mol. The van der Waals surface area contributed by atoms with Crippen LogP contribution in [-0.2, 0) is 6.42 Å². The highest BCUT2D eigenvalue weighted by Gasteiger charge is 2.20. The third-order valence-electron chi connectivity index (χ3n) is 5.50. The maximum atomic E-state index is 13.7. The molecule has 1 heterocycles. The molecule has 31 heavy (non-hydrogen) atoms. The van der Waals surface area contributed by atoms with E-state index in [-0.39, 0.29) is 13.0 Å². The summed E-state index contributed by atoms with van der Waals surface area (Å²) in [6, 6.07) is 7.17. The summed E-state index contributed by atoms with van der Waals surface area (Å²) >= 11 is 0. The summed E-state index contributed by atoms with van der Waals surface area (Å²) in [6.45, 7) is 3.81. The number of halogens is 2. The first-order chi connectivity index (χ1) is 15.1. The molecular formula is C26H38F2N2O. The maximum Gasteiger partial charge on any atom is 0.165 e. The molecule has 0 N–H and O–H groups in total. The monoisotopic (exact) mass is 432 g/mol. The van der Waals surface area contributed by atoms with Crippen molar-refractivity contribution in [2.45, 2.75) is 96.8 Å². The zero-order valence-corrected chi connectivity index (χ0v) is 19.2. The second-order valence-electron chi connectivity index (χ2n) is 8.30. The number of aromatic nitrogens is 2. The molecule has 1 aromatic heterocycles. The molecule has 2 aromatic rings. The lowest BCUT2D eigenvalue weighted by Gasteiger charge is -2.14. The molecule has 0 amide bonds. The van der Waals surface area contributed by atoms with Gasteiger partial charge in [-0.25, -0.2) is 18.7 Å². The Labute approximate surface area is 186 Å². The van der Waals surface area contributed by atoms with Gasteiger partial charge in [-0.2, -0.15) is 0 Å². The molecular weight excluding hydrogens is 394 g/mol. The Morgan fingerprint density at radius 2 is 1.39 bits per heavy atom. The number of alkyl halides is 2. The quantitative estimate of drug-likeness (QED) is 0.255. The number of nitrogens with zero attached hydrogens (tertiary/aromatic N) is 2. The van der Waals surface area contributed by atoms with Crippen LogP contribution in [-0.4, -0.2) is 28.9 Å². The molecule has 172 valence electrons. The van der Waals surface area contributed by atoms with Crippen LogP contribution in [0.3, 0.4) is 0 Å². The Hall–Kier alpha value is -2.04. The molecule has 0 spiro atoms. The zero-order valence-electron chi connectivity index (χ0n) is 19.2. The second-order valence-corrected chi connectivity index (χ2v) is 8.30. The molecule has 0 radical (unpaired) electrons. The molecule has 5 heteroatoms. The van der Waals surface area contributed by atoms with Crippen molar-refractivity contribution in [3.8, 4) is 17.1 Å². The zero-order chi connectivity index (χ0) is 22.3. The van der Waals surface area contributed by atoms with Crippen molar-refractivity contribution in [1.82, 2.24) is 9.97 Å². The number of unbranched alkanes of at least 4 members (excludes halogenated alkanes) is 7. The Kier molecular flexibility index (Phi) is 12.1. The number of ether oxygens (including phenoxy) is 1. The molecule has 2 atom stereocenters. The standard InChI is InChI=1S/C26H38F2N2O/c1-3-5-6-7-8-9-10-11-13-21-18-29-26(30-19-21)22-14-16-23(17-15-22)31-20-25(28)24(27)12-4-2/h14-19,24-25H,3-13,20H2,1-2H3/t24-,25+/m1/s1. The van der Waals surface area contributed by atoms with E-state index in [1.54, 1.807) is 12.1 Å². The van der Waals surface area contributed by atoms with Crippen LogP contribution in [0.2, 0.25) is 0 Å². The fraction of sp³-hybridized carbons (Fsp3) is 0.615. The minimum atomic E-state index is -1.60. The lowest BCUT2D eigenvalue weighted by Crippen LogP contribution is -2.24. The van der Waals surface area contributed by atoms with Crippen LogP contribution in [0, 0.1) is 0 Å². The minimum Gasteiger partial charge on any atom is -0.490 e. The smallest absolute Gasteiger partial charge is 0.165 e. The van der Waals surface area contributed by atoms with E-state index in [1.807, 2.05) is 31.5 Å². The van der Waals surface area contributed by atoms with E-state index in [2.05, 4.69) is 16.9 Å². The van der Waals surface area contributed by atoms with Crippen LogP contribution in [0.15, 0.2) is 36.7 Å². The summed E-state index contributed by atoms with van der Waals surface area (Å²) in [6.07, 6.45) is 13.1. The molecule has 0 unspecified atom stereocenters. The van der Waals surface area contributed by atoms with E-state index < -0.39 is 12.3 Å². The van der Waals surface area contributed by atoms with Gasteiger partial charge in [0.25, 0.3) is 0 Å². The minimum absolute atomic E-state index is 0.218. The van der Waals surface area contributed by atoms with E-state index in [0.29, 0.717) is 18.0 Å². The summed E-state index contributed by atoms with van der Waals surface area (Å²) in [5.41, 5.74) is 2.04. The first-order valence-electron chi connectivity index (χ1n) is 12.0. The lowest BCUT2D eigenvalue weighted by molar-refractivity contribution is 0.103. The Morgan fingerprint density at radius 1 is 0.774 bits per heavy atom. The molecule has 0 saturated carbocycles. The van der Waals surface area contributed by atoms with Crippen molar-refractivity contribution in [2.24, 2.45) is 0 Å². The SMILES string of the molecule is CCCCCCCCCCc1cnc(-c2ccc(OC[C@H](F)[C@H](F)CCC)cc2)nc1. The van der Waals surface area contributed by atoms with Gasteiger partial charge < -0.3 is 4.74 Å². The number of hydrogen-bond acceptors (Lipinski definition) is 3. The van der Waals surface area contributed by atoms with E-state index in [0.717, 1.165) is 17.5 Å². The summed E-state index contributed by atoms with van der Waals surface area (Å²) in [5, 5.41) is 0. The van der Waals surface area contributed by atoms with Gasteiger partial charge in [-0.1, -0.05) is 65.2 Å². The van der Waals surface area contributed by atoms with Gasteiger partial charge in [-0.05, 0) is 49.1 Å². The number of benzene rings is 1. The molecule has 0 aliphatic heterocycles. The van der Waals surface area contributed by atoms with Gasteiger partial charge in [0, 0.05) is 18.0 Å². The van der Waals surface area contributed by atoms with Gasteiger partial charge >= 0.3 is 0 Å². The average Bonchev–Trinajstić information content (AvgIpc) is 2.80. The Balaban J connectivity index is 1.72. The van der Waals surface area contributed by atoms with Gasteiger partial charge in [0.1, 0.15) is 18.5 Å². The number of aryl methyl sites for hydroxylation is 1. The molecule has 0 fully saturated rings. The third kappa shape index (κ3) is 9.75. The van der Waals surface area contributed by atoms with Crippen LogP contribution in [0.1, 0.15) is 83.6 Å². The largest absolute Gasteiger partial charge is 0.490 e. The van der Waals surface area contributed by atoms with Crippen molar-refractivity contribution >= 4 is 0 Å². The van der Waals surface area contributed by atoms with Gasteiger partial charge in [0.2, 0.25) is 0 Å². The molecule has 0 aliphatic carbocycles. The van der Waals surface area contributed by atoms with Crippen LogP contribution in [0.5, 0.6) is 5.75 Å². The predicted molar refractivity (Wildman–Crippen MR) is 124 cm³/mol. The number of rotatable bonds is 16. The number of hydrogen-bond donors (Lipinski definition) is 0. The van der Waals surface area contributed by atoms with Crippen molar-refractivity contribution in [2.75, 3.05) is 6.61 Å². The summed E-state index contributed by atoms with van der Waals surface area (Å²) in [7, 11) is 0. The van der Waals surface area contributed by atoms with Gasteiger partial charge in [-0.15, -0.1) is 0 Å². The van der Waals surface area contributed by atoms with Gasteiger partial charge in [0.15, 0.2) is 12.0 Å². The van der Waals surface area contributed by atoms with Crippen molar-refractivity contribution in [3.05, 3.63) is 42.2 Å². The Morgan fingerprint density at radius 3 is 2.00 bits per heavy atom. The van der Waals surface area contributed by atoms with Crippen molar-refractivity contribution in [1.29, 1.82) is 0 Å². The van der Waals surface area contributed by atoms with E-state index in [1.165, 1.54) is 51.4 Å². The van der Waals surface area contributed by atoms with E-state index in [9.17, 15) is 8.78 Å². The van der Waals surface area contributed by atoms with Crippen LogP contribution in [0.4, 0.5) is 8.78 Å². The van der Waals surface area contributed by atoms with Crippen molar-refractivity contribution in [3.63, 3.8) is 0 Å². The topological polar surface area (TPSA) is 35.0 Å². The second kappa shape index (κ2) is 14.9. The predicted octanol–water partition coefficient (Wildman–Crippen LogP) is 7.68. The maximum absolute atomic E-state index is 13.7. The van der Waals surface area contributed by atoms with E-state index >= 15 is 0 Å². The van der Waals surface area contributed by atoms with Crippen LogP contribution >= 0.6 is 0 Å². The van der Waals surface area contributed by atoms with E-state index in [4.69, 9.17) is 4.74 Å². The molecule has 2 rings (SSSR count). The highest BCUT2D eigenvalue weighted by atomic mass is 19.2. The normalized spacial score (nSPS) is 13.2. The van der Waals surface area contributed by atoms with Crippen LogP contribution in [0.25, 0.3) is 11.4 Å². The summed E-state index contributed by atoms with van der Waals surface area (Å²) in [5.74, 6) is 1.17. The summed E-state index contributed by atoms with van der Waals surface area (Å²) < 4.78 is 32.6. The molecule has 3 nitrogen and oxygen atoms in total. The Bertz CT molecular complexity index is 706. The van der Waals surface area contributed by atoms with Crippen molar-refractivity contribution < 1.29 is 13.5 Å². The summed E-state index contributed by atoms with van der Waals surface area (Å²) in [4.78, 5) is 8.97. The van der Waals surface area contributed by atoms with Gasteiger partial charge in [-0.3, -0.25) is 0 Å². The fourth-order valence-corrected chi connectivity index (χ4v) is 3.53. The highest BCUT2D eigenvalue weighted by molar-refractivity contribution is 5.55. The molecule has 0 saturated heterocycles. The third-order valence-corrected chi connectivity index (χ3v) is 5.50. The first kappa shape index (κ1) is 25.2. The molecule has 1 aromatic carbocycles. The van der Waals surface area contributed by atoms with Gasteiger partial charge in [0.05, 0.1) is 0 Å². The highest BCUT2D eigenvalue weighted by Crippen LogP contribution is 2.21. The molecule has 0 aliphatic rings. The first-order valence-corrected chi connectivity index (χ1v) is 12.0.